The fourth-order valence-electron chi connectivity index (χ4n) is 6.60. The number of methoxy groups -OCH3 is 1. The van der Waals surface area contributed by atoms with Crippen molar-refractivity contribution in [3.05, 3.63) is 100 Å². The third kappa shape index (κ3) is 3.21. The molecule has 3 aliphatic rings. The third-order valence-corrected chi connectivity index (χ3v) is 8.46. The number of rotatable bonds is 3. The number of hydrogen-bond donors (Lipinski definition) is 0. The number of benzene rings is 3. The van der Waals surface area contributed by atoms with Gasteiger partial charge in [-0.15, -0.1) is 0 Å². The number of halogens is 1. The SMILES string of the molecule is COc1cccc([C@@H]2[C@@H](C(=O)C(C)(C)C)N3c4ccc(Cl)cc4C=C[C@@H]3C23C(=O)c2ccccc2C3=O)c1. The maximum Gasteiger partial charge on any atom is 0.180 e. The van der Waals surface area contributed by atoms with Crippen molar-refractivity contribution in [1.29, 1.82) is 0 Å². The number of ether oxygens (including phenoxy) is 1. The summed E-state index contributed by atoms with van der Waals surface area (Å²) in [6.45, 7) is 5.65. The van der Waals surface area contributed by atoms with Gasteiger partial charge in [0.15, 0.2) is 17.3 Å². The van der Waals surface area contributed by atoms with Gasteiger partial charge < -0.3 is 9.64 Å². The van der Waals surface area contributed by atoms with Crippen LogP contribution in [-0.2, 0) is 4.79 Å². The second-order valence-corrected chi connectivity index (χ2v) is 11.7. The van der Waals surface area contributed by atoms with Gasteiger partial charge >= 0.3 is 0 Å². The Hall–Kier alpha value is -3.70. The molecule has 1 aliphatic carbocycles. The first-order valence-electron chi connectivity index (χ1n) is 12.7. The quantitative estimate of drug-likeness (QED) is 0.370. The topological polar surface area (TPSA) is 63.7 Å². The van der Waals surface area contributed by atoms with Gasteiger partial charge in [-0.25, -0.2) is 0 Å². The number of anilines is 1. The summed E-state index contributed by atoms with van der Waals surface area (Å²) in [5.74, 6) is -0.671. The maximum absolute atomic E-state index is 14.6. The molecule has 1 spiro atoms. The van der Waals surface area contributed by atoms with Crippen LogP contribution in [0.4, 0.5) is 5.69 Å². The van der Waals surface area contributed by atoms with Crippen molar-refractivity contribution < 1.29 is 19.1 Å². The average molecular weight is 526 g/mol. The molecule has 1 fully saturated rings. The van der Waals surface area contributed by atoms with Crippen LogP contribution in [0.25, 0.3) is 6.08 Å². The van der Waals surface area contributed by atoms with E-state index in [1.54, 1.807) is 37.4 Å². The summed E-state index contributed by atoms with van der Waals surface area (Å²) in [4.78, 5) is 45.5. The highest BCUT2D eigenvalue weighted by molar-refractivity contribution is 6.32. The summed E-state index contributed by atoms with van der Waals surface area (Å²) in [5, 5.41) is 0.573. The Morgan fingerprint density at radius 3 is 2.26 bits per heavy atom. The van der Waals surface area contributed by atoms with Crippen LogP contribution in [0.15, 0.2) is 72.8 Å². The lowest BCUT2D eigenvalue weighted by molar-refractivity contribution is -0.127. The summed E-state index contributed by atoms with van der Waals surface area (Å²) in [6.07, 6.45) is 3.82. The molecule has 0 unspecified atom stereocenters. The number of Topliss-reactive ketones (excluding diaryl/α,β-unsaturated/α-hetero) is 3. The van der Waals surface area contributed by atoms with Gasteiger partial charge in [0, 0.05) is 33.2 Å². The first-order chi connectivity index (χ1) is 18.1. The molecular formula is C32H28ClNO4. The molecule has 38 heavy (non-hydrogen) atoms. The van der Waals surface area contributed by atoms with Crippen molar-refractivity contribution in [3.8, 4) is 5.75 Å². The molecule has 0 amide bonds. The van der Waals surface area contributed by atoms with E-state index in [0.29, 0.717) is 21.9 Å². The van der Waals surface area contributed by atoms with Crippen molar-refractivity contribution in [1.82, 2.24) is 0 Å². The first kappa shape index (κ1) is 24.6. The Bertz CT molecular complexity index is 1510. The average Bonchev–Trinajstić information content (AvgIpc) is 3.33. The van der Waals surface area contributed by atoms with Crippen LogP contribution in [0.5, 0.6) is 5.75 Å². The van der Waals surface area contributed by atoms with Crippen LogP contribution in [0, 0.1) is 10.8 Å². The lowest BCUT2D eigenvalue weighted by Crippen LogP contribution is -2.49. The zero-order valence-corrected chi connectivity index (χ0v) is 22.5. The van der Waals surface area contributed by atoms with Gasteiger partial charge in [0.1, 0.15) is 11.2 Å². The monoisotopic (exact) mass is 525 g/mol. The fourth-order valence-corrected chi connectivity index (χ4v) is 6.78. The number of carbonyl (C=O) groups excluding carboxylic acids is 3. The van der Waals surface area contributed by atoms with Crippen LogP contribution in [0.1, 0.15) is 58.5 Å². The molecule has 0 saturated carbocycles. The second kappa shape index (κ2) is 8.40. The Labute approximate surface area is 227 Å². The molecule has 0 N–H and O–H groups in total. The van der Waals surface area contributed by atoms with E-state index in [-0.39, 0.29) is 17.3 Å². The predicted octanol–water partition coefficient (Wildman–Crippen LogP) is 6.40. The molecule has 2 aliphatic heterocycles. The van der Waals surface area contributed by atoms with Crippen LogP contribution >= 0.6 is 11.6 Å². The summed E-state index contributed by atoms with van der Waals surface area (Å²) in [7, 11) is 1.58. The Morgan fingerprint density at radius 2 is 1.63 bits per heavy atom. The van der Waals surface area contributed by atoms with E-state index in [4.69, 9.17) is 16.3 Å². The number of fused-ring (bicyclic) bond motifs is 5. The lowest BCUT2D eigenvalue weighted by Gasteiger charge is -2.38. The summed E-state index contributed by atoms with van der Waals surface area (Å²) in [6, 6.07) is 18.5. The number of nitrogens with zero attached hydrogens (tertiary/aromatic N) is 1. The van der Waals surface area contributed by atoms with E-state index in [1.807, 2.05) is 74.2 Å². The van der Waals surface area contributed by atoms with Crippen LogP contribution in [-0.4, -0.2) is 36.5 Å². The molecule has 5 nitrogen and oxygen atoms in total. The highest BCUT2D eigenvalue weighted by Crippen LogP contribution is 2.61. The Kier molecular flexibility index (Phi) is 5.45. The molecule has 6 rings (SSSR count). The van der Waals surface area contributed by atoms with E-state index in [2.05, 4.69) is 0 Å². The highest BCUT2D eigenvalue weighted by atomic mass is 35.5. The van der Waals surface area contributed by atoms with Crippen molar-refractivity contribution in [2.45, 2.75) is 38.8 Å². The molecule has 0 bridgehead atoms. The molecule has 0 radical (unpaired) electrons. The Balaban J connectivity index is 1.70. The van der Waals surface area contributed by atoms with Gasteiger partial charge in [-0.05, 0) is 41.5 Å². The van der Waals surface area contributed by atoms with Crippen LogP contribution in [0.3, 0.4) is 0 Å². The Morgan fingerprint density at radius 1 is 0.947 bits per heavy atom. The third-order valence-electron chi connectivity index (χ3n) is 8.23. The molecule has 1 saturated heterocycles. The smallest absolute Gasteiger partial charge is 0.180 e. The zero-order valence-electron chi connectivity index (χ0n) is 21.7. The van der Waals surface area contributed by atoms with Crippen LogP contribution in [0.2, 0.25) is 5.02 Å². The molecule has 3 aromatic rings. The van der Waals surface area contributed by atoms with E-state index in [0.717, 1.165) is 16.8 Å². The zero-order chi connectivity index (χ0) is 27.0. The van der Waals surface area contributed by atoms with Crippen molar-refractivity contribution >= 4 is 40.7 Å². The molecule has 192 valence electrons. The van der Waals surface area contributed by atoms with Gasteiger partial charge in [-0.3, -0.25) is 14.4 Å². The van der Waals surface area contributed by atoms with Crippen molar-refractivity contribution in [2.75, 3.05) is 12.0 Å². The van der Waals surface area contributed by atoms with Gasteiger partial charge in [0.2, 0.25) is 0 Å². The molecule has 3 aromatic carbocycles. The van der Waals surface area contributed by atoms with E-state index >= 15 is 0 Å². The molecule has 0 aromatic heterocycles. The van der Waals surface area contributed by atoms with E-state index in [1.165, 1.54) is 0 Å². The van der Waals surface area contributed by atoms with E-state index in [9.17, 15) is 14.4 Å². The van der Waals surface area contributed by atoms with Gasteiger partial charge in [-0.1, -0.05) is 80.9 Å². The number of carbonyl (C=O) groups is 3. The maximum atomic E-state index is 14.6. The number of ketones is 3. The van der Waals surface area contributed by atoms with E-state index < -0.39 is 28.8 Å². The van der Waals surface area contributed by atoms with Gasteiger partial charge in [-0.2, -0.15) is 0 Å². The molecule has 3 atom stereocenters. The summed E-state index contributed by atoms with van der Waals surface area (Å²) in [5.41, 5.74) is 0.912. The van der Waals surface area contributed by atoms with Crippen LogP contribution < -0.4 is 9.64 Å². The predicted molar refractivity (Wildman–Crippen MR) is 148 cm³/mol. The minimum Gasteiger partial charge on any atom is -0.497 e. The normalized spacial score (nSPS) is 22.9. The van der Waals surface area contributed by atoms with Gasteiger partial charge in [0.25, 0.3) is 0 Å². The minimum absolute atomic E-state index is 0.0417. The minimum atomic E-state index is -1.52. The number of hydrogen-bond acceptors (Lipinski definition) is 5. The molecular weight excluding hydrogens is 498 g/mol. The van der Waals surface area contributed by atoms with Crippen molar-refractivity contribution in [3.63, 3.8) is 0 Å². The fraction of sp³-hybridized carbons (Fsp3) is 0.281. The lowest BCUT2D eigenvalue weighted by atomic mass is 9.63. The second-order valence-electron chi connectivity index (χ2n) is 11.3. The van der Waals surface area contributed by atoms with Crippen molar-refractivity contribution in [2.24, 2.45) is 10.8 Å². The summed E-state index contributed by atoms with van der Waals surface area (Å²) >= 11 is 6.34. The standard InChI is InChI=1S/C32H28ClNO4/c1-31(2,3)30(37)27-26(19-8-7-9-21(17-19)38-4)32(28(35)22-10-5-6-11-23(22)29(32)36)25-15-12-18-16-20(33)13-14-24(18)34(25)27/h5-17,25-27H,1-4H3/t25-,26-,27+/m1/s1. The molecule has 2 heterocycles. The first-order valence-corrected chi connectivity index (χ1v) is 13.1. The highest BCUT2D eigenvalue weighted by Gasteiger charge is 2.71. The van der Waals surface area contributed by atoms with Gasteiger partial charge in [0.05, 0.1) is 19.2 Å². The largest absolute Gasteiger partial charge is 0.497 e. The molecule has 6 heteroatoms. The summed E-state index contributed by atoms with van der Waals surface area (Å²) < 4.78 is 5.54.